The highest BCUT2D eigenvalue weighted by molar-refractivity contribution is 7.91. The molecule has 4 rings (SSSR count). The zero-order valence-corrected chi connectivity index (χ0v) is 16.1. The SMILES string of the molecule is CC(C)Cn1c(C2CCS(=O)(=O)C2)nnc1N1CCN(C2CC2)CC1. The predicted molar refractivity (Wildman–Crippen MR) is 97.7 cm³/mol. The van der Waals surface area contributed by atoms with Gasteiger partial charge in [-0.15, -0.1) is 10.2 Å². The number of rotatable bonds is 5. The molecule has 0 bridgehead atoms. The van der Waals surface area contributed by atoms with E-state index in [2.05, 4.69) is 38.4 Å². The fourth-order valence-corrected chi connectivity index (χ4v) is 5.85. The molecule has 1 aromatic rings. The number of anilines is 1. The second kappa shape index (κ2) is 6.54. The number of aromatic nitrogens is 3. The van der Waals surface area contributed by atoms with E-state index in [4.69, 9.17) is 0 Å². The van der Waals surface area contributed by atoms with Crippen LogP contribution < -0.4 is 4.90 Å². The van der Waals surface area contributed by atoms with E-state index in [0.29, 0.717) is 12.3 Å². The average Bonchev–Trinajstić information content (AvgIpc) is 3.24. The van der Waals surface area contributed by atoms with Gasteiger partial charge in [0.25, 0.3) is 0 Å². The number of hydrogen-bond donors (Lipinski definition) is 0. The van der Waals surface area contributed by atoms with Crippen LogP contribution >= 0.6 is 0 Å². The van der Waals surface area contributed by atoms with E-state index in [1.165, 1.54) is 12.8 Å². The first-order chi connectivity index (χ1) is 11.9. The maximum atomic E-state index is 11.9. The number of hydrogen-bond acceptors (Lipinski definition) is 6. The molecule has 1 aliphatic carbocycles. The first-order valence-electron chi connectivity index (χ1n) is 9.55. The van der Waals surface area contributed by atoms with Gasteiger partial charge in [0, 0.05) is 44.7 Å². The van der Waals surface area contributed by atoms with Crippen molar-refractivity contribution < 1.29 is 8.42 Å². The van der Waals surface area contributed by atoms with Crippen LogP contribution in [-0.2, 0) is 16.4 Å². The molecule has 140 valence electrons. The van der Waals surface area contributed by atoms with Crippen LogP contribution in [0.4, 0.5) is 5.95 Å². The number of sulfone groups is 1. The molecule has 3 aliphatic rings. The highest BCUT2D eigenvalue weighted by Crippen LogP contribution is 2.32. The molecule has 3 fully saturated rings. The molecule has 1 atom stereocenters. The van der Waals surface area contributed by atoms with Crippen LogP contribution in [0.5, 0.6) is 0 Å². The molecular weight excluding hydrogens is 338 g/mol. The minimum Gasteiger partial charge on any atom is -0.338 e. The van der Waals surface area contributed by atoms with Gasteiger partial charge in [0.1, 0.15) is 5.82 Å². The molecule has 1 saturated carbocycles. The van der Waals surface area contributed by atoms with Crippen LogP contribution in [-0.4, -0.2) is 71.8 Å². The summed E-state index contributed by atoms with van der Waals surface area (Å²) in [5.74, 6) is 2.77. The lowest BCUT2D eigenvalue weighted by Crippen LogP contribution is -2.48. The van der Waals surface area contributed by atoms with E-state index in [0.717, 1.165) is 50.5 Å². The van der Waals surface area contributed by atoms with E-state index in [9.17, 15) is 8.42 Å². The van der Waals surface area contributed by atoms with Crippen molar-refractivity contribution in [2.75, 3.05) is 42.6 Å². The van der Waals surface area contributed by atoms with Crippen LogP contribution in [0.15, 0.2) is 0 Å². The summed E-state index contributed by atoms with van der Waals surface area (Å²) in [5, 5.41) is 8.95. The smallest absolute Gasteiger partial charge is 0.227 e. The zero-order valence-electron chi connectivity index (χ0n) is 15.3. The summed E-state index contributed by atoms with van der Waals surface area (Å²) in [7, 11) is -2.92. The molecule has 2 saturated heterocycles. The Balaban J connectivity index is 1.55. The van der Waals surface area contributed by atoms with Gasteiger partial charge in [-0.05, 0) is 25.2 Å². The minimum atomic E-state index is -2.92. The summed E-state index contributed by atoms with van der Waals surface area (Å²) < 4.78 is 26.0. The molecule has 25 heavy (non-hydrogen) atoms. The van der Waals surface area contributed by atoms with E-state index >= 15 is 0 Å². The highest BCUT2D eigenvalue weighted by Gasteiger charge is 2.35. The van der Waals surface area contributed by atoms with Gasteiger partial charge in [0.05, 0.1) is 11.5 Å². The zero-order chi connectivity index (χ0) is 17.6. The predicted octanol–water partition coefficient (Wildman–Crippen LogP) is 1.12. The van der Waals surface area contributed by atoms with Gasteiger partial charge in [-0.3, -0.25) is 9.47 Å². The largest absolute Gasteiger partial charge is 0.338 e. The Bertz CT molecular complexity index is 717. The summed E-state index contributed by atoms with van der Waals surface area (Å²) in [4.78, 5) is 4.92. The van der Waals surface area contributed by atoms with Crippen molar-refractivity contribution in [1.82, 2.24) is 19.7 Å². The molecule has 8 heteroatoms. The Labute approximate surface area is 150 Å². The first-order valence-corrected chi connectivity index (χ1v) is 11.4. The Hall–Kier alpha value is -1.15. The second-order valence-electron chi connectivity index (χ2n) is 8.22. The fourth-order valence-electron chi connectivity index (χ4n) is 4.11. The van der Waals surface area contributed by atoms with Crippen LogP contribution in [0, 0.1) is 5.92 Å². The second-order valence-corrected chi connectivity index (χ2v) is 10.4. The normalized spacial score (nSPS) is 27.3. The average molecular weight is 368 g/mol. The van der Waals surface area contributed by atoms with Crippen molar-refractivity contribution >= 4 is 15.8 Å². The maximum Gasteiger partial charge on any atom is 0.227 e. The van der Waals surface area contributed by atoms with Gasteiger partial charge >= 0.3 is 0 Å². The van der Waals surface area contributed by atoms with Gasteiger partial charge in [0.15, 0.2) is 9.84 Å². The summed E-state index contributed by atoms with van der Waals surface area (Å²) in [5.41, 5.74) is 0. The fraction of sp³-hybridized carbons (Fsp3) is 0.882. The first kappa shape index (κ1) is 17.3. The molecule has 0 radical (unpaired) electrons. The lowest BCUT2D eigenvalue weighted by atomic mass is 10.1. The van der Waals surface area contributed by atoms with Gasteiger partial charge < -0.3 is 4.90 Å². The highest BCUT2D eigenvalue weighted by atomic mass is 32.2. The monoisotopic (exact) mass is 367 g/mol. The molecule has 0 N–H and O–H groups in total. The Morgan fingerprint density at radius 1 is 1.08 bits per heavy atom. The minimum absolute atomic E-state index is 0.00208. The molecule has 7 nitrogen and oxygen atoms in total. The molecule has 1 aromatic heterocycles. The molecule has 0 aromatic carbocycles. The van der Waals surface area contributed by atoms with E-state index in [-0.39, 0.29) is 17.4 Å². The van der Waals surface area contributed by atoms with Crippen LogP contribution in [0.3, 0.4) is 0 Å². The summed E-state index contributed by atoms with van der Waals surface area (Å²) in [6.45, 7) is 9.36. The number of nitrogens with zero attached hydrogens (tertiary/aromatic N) is 5. The standard InChI is InChI=1S/C17H29N5O2S/c1-13(2)11-22-16(14-5-10-25(23,24)12-14)18-19-17(22)21-8-6-20(7-9-21)15-3-4-15/h13-15H,3-12H2,1-2H3. The Morgan fingerprint density at radius 3 is 2.36 bits per heavy atom. The molecular formula is C17H29N5O2S. The Morgan fingerprint density at radius 2 is 1.80 bits per heavy atom. The summed E-state index contributed by atoms with van der Waals surface area (Å²) in [6.07, 6.45) is 3.38. The van der Waals surface area contributed by atoms with Gasteiger partial charge in [0.2, 0.25) is 5.95 Å². The molecule has 1 unspecified atom stereocenters. The van der Waals surface area contributed by atoms with Crippen molar-refractivity contribution in [3.05, 3.63) is 5.82 Å². The van der Waals surface area contributed by atoms with E-state index in [1.54, 1.807) is 0 Å². The van der Waals surface area contributed by atoms with Crippen molar-refractivity contribution in [3.8, 4) is 0 Å². The van der Waals surface area contributed by atoms with Crippen molar-refractivity contribution in [3.63, 3.8) is 0 Å². The molecule has 0 amide bonds. The Kier molecular flexibility index (Phi) is 4.52. The summed E-state index contributed by atoms with van der Waals surface area (Å²) in [6, 6.07) is 0.815. The van der Waals surface area contributed by atoms with Crippen molar-refractivity contribution in [2.24, 2.45) is 5.92 Å². The molecule has 0 spiro atoms. The third-order valence-corrected chi connectivity index (χ3v) is 7.33. The molecule has 2 aliphatic heterocycles. The number of piperazine rings is 1. The van der Waals surface area contributed by atoms with Crippen LogP contribution in [0.2, 0.25) is 0 Å². The van der Waals surface area contributed by atoms with Gasteiger partial charge in [-0.2, -0.15) is 0 Å². The van der Waals surface area contributed by atoms with Gasteiger partial charge in [-0.25, -0.2) is 8.42 Å². The van der Waals surface area contributed by atoms with Crippen molar-refractivity contribution in [1.29, 1.82) is 0 Å². The van der Waals surface area contributed by atoms with E-state index < -0.39 is 9.84 Å². The maximum absolute atomic E-state index is 11.9. The lowest BCUT2D eigenvalue weighted by Gasteiger charge is -2.35. The third kappa shape index (κ3) is 3.69. The summed E-state index contributed by atoms with van der Waals surface area (Å²) >= 11 is 0. The topological polar surface area (TPSA) is 71.3 Å². The lowest BCUT2D eigenvalue weighted by molar-refractivity contribution is 0.246. The third-order valence-electron chi connectivity index (χ3n) is 5.57. The quantitative estimate of drug-likeness (QED) is 0.777. The molecule has 3 heterocycles. The van der Waals surface area contributed by atoms with Crippen molar-refractivity contribution in [2.45, 2.75) is 51.6 Å². The van der Waals surface area contributed by atoms with Gasteiger partial charge in [-0.1, -0.05) is 13.8 Å². The van der Waals surface area contributed by atoms with E-state index in [1.807, 2.05) is 0 Å². The van der Waals surface area contributed by atoms with Crippen LogP contribution in [0.1, 0.15) is 44.9 Å². The van der Waals surface area contributed by atoms with Crippen LogP contribution in [0.25, 0.3) is 0 Å².